The summed E-state index contributed by atoms with van der Waals surface area (Å²) in [6.45, 7) is 6.04. The van der Waals surface area contributed by atoms with Crippen molar-refractivity contribution in [2.45, 2.75) is 33.1 Å². The Bertz CT molecular complexity index is 560. The lowest BCUT2D eigenvalue weighted by molar-refractivity contribution is 0.0624. The van der Waals surface area contributed by atoms with Gasteiger partial charge in [0.15, 0.2) is 0 Å². The molecule has 4 nitrogen and oxygen atoms in total. The first-order valence-electron chi connectivity index (χ1n) is 7.37. The van der Waals surface area contributed by atoms with Crippen LogP contribution in [0.1, 0.15) is 49.2 Å². The summed E-state index contributed by atoms with van der Waals surface area (Å²) in [5.74, 6) is 5.74. The lowest BCUT2D eigenvalue weighted by Gasteiger charge is -2.36. The molecule has 2 heterocycles. The van der Waals surface area contributed by atoms with Crippen LogP contribution >= 0.6 is 0 Å². The Balaban J connectivity index is 2.15. The molecule has 1 aliphatic rings. The molecule has 1 aromatic heterocycles. The number of hydrogen-bond acceptors (Lipinski definition) is 3. The Hall–Kier alpha value is -1.86. The summed E-state index contributed by atoms with van der Waals surface area (Å²) >= 11 is 0. The van der Waals surface area contributed by atoms with Crippen molar-refractivity contribution in [1.82, 2.24) is 9.88 Å². The Morgan fingerprint density at radius 1 is 1.43 bits per heavy atom. The third kappa shape index (κ3) is 4.05. The molecule has 21 heavy (non-hydrogen) atoms. The number of aliphatic hydroxyl groups excluding tert-OH is 1. The van der Waals surface area contributed by atoms with Crippen LogP contribution in [0.15, 0.2) is 18.3 Å². The second-order valence-electron chi connectivity index (χ2n) is 6.13. The molecular weight excluding hydrogens is 264 g/mol. The smallest absolute Gasteiger partial charge is 0.273 e. The molecule has 0 aromatic carbocycles. The van der Waals surface area contributed by atoms with Crippen LogP contribution < -0.4 is 0 Å². The molecule has 1 fully saturated rings. The van der Waals surface area contributed by atoms with Crippen LogP contribution in [0, 0.1) is 17.3 Å². The summed E-state index contributed by atoms with van der Waals surface area (Å²) in [5.41, 5.74) is 1.37. The van der Waals surface area contributed by atoms with Crippen molar-refractivity contribution < 1.29 is 9.90 Å². The van der Waals surface area contributed by atoms with Gasteiger partial charge in [0.05, 0.1) is 12.2 Å². The van der Waals surface area contributed by atoms with Gasteiger partial charge in [-0.15, -0.1) is 0 Å². The summed E-state index contributed by atoms with van der Waals surface area (Å²) in [6.07, 6.45) is 4.05. The number of piperidine rings is 1. The SMILES string of the molecule is CC1(C)CCN(C(=O)c2ncccc2C#CCCO)CC1. The second-order valence-corrected chi connectivity index (χ2v) is 6.13. The van der Waals surface area contributed by atoms with Gasteiger partial charge in [-0.3, -0.25) is 4.79 Å². The molecule has 0 unspecified atom stereocenters. The molecule has 0 aliphatic carbocycles. The molecule has 112 valence electrons. The average molecular weight is 286 g/mol. The van der Waals surface area contributed by atoms with Gasteiger partial charge in [0.1, 0.15) is 5.69 Å². The van der Waals surface area contributed by atoms with E-state index in [9.17, 15) is 4.79 Å². The number of pyridine rings is 1. The number of likely N-dealkylation sites (tertiary alicyclic amines) is 1. The summed E-state index contributed by atoms with van der Waals surface area (Å²) in [7, 11) is 0. The number of carbonyl (C=O) groups excluding carboxylic acids is 1. The minimum absolute atomic E-state index is 0.0255. The number of nitrogens with zero attached hydrogens (tertiary/aromatic N) is 2. The molecule has 2 rings (SSSR count). The minimum Gasteiger partial charge on any atom is -0.395 e. The van der Waals surface area contributed by atoms with Crippen molar-refractivity contribution in [3.63, 3.8) is 0 Å². The second kappa shape index (κ2) is 6.73. The van der Waals surface area contributed by atoms with Gasteiger partial charge in [0.2, 0.25) is 0 Å². The van der Waals surface area contributed by atoms with Gasteiger partial charge in [-0.25, -0.2) is 4.98 Å². The highest BCUT2D eigenvalue weighted by atomic mass is 16.2. The maximum Gasteiger partial charge on any atom is 0.273 e. The lowest BCUT2D eigenvalue weighted by Crippen LogP contribution is -2.41. The first-order chi connectivity index (χ1) is 10.0. The molecular formula is C17H22N2O2. The van der Waals surface area contributed by atoms with E-state index in [0.29, 0.717) is 23.1 Å². The van der Waals surface area contributed by atoms with Gasteiger partial charge in [-0.2, -0.15) is 0 Å². The zero-order chi connectivity index (χ0) is 15.3. The highest BCUT2D eigenvalue weighted by molar-refractivity contribution is 5.94. The molecule has 1 amide bonds. The fourth-order valence-corrected chi connectivity index (χ4v) is 2.36. The maximum absolute atomic E-state index is 12.6. The zero-order valence-electron chi connectivity index (χ0n) is 12.7. The maximum atomic E-state index is 12.6. The van der Waals surface area contributed by atoms with Crippen LogP contribution in [-0.2, 0) is 0 Å². The Morgan fingerprint density at radius 3 is 2.81 bits per heavy atom. The predicted molar refractivity (Wildman–Crippen MR) is 81.7 cm³/mol. The summed E-state index contributed by atoms with van der Waals surface area (Å²) in [6, 6.07) is 3.58. The van der Waals surface area contributed by atoms with E-state index < -0.39 is 0 Å². The molecule has 0 spiro atoms. The van der Waals surface area contributed by atoms with Crippen molar-refractivity contribution in [1.29, 1.82) is 0 Å². The number of aromatic nitrogens is 1. The van der Waals surface area contributed by atoms with Gasteiger partial charge >= 0.3 is 0 Å². The quantitative estimate of drug-likeness (QED) is 0.847. The van der Waals surface area contributed by atoms with Crippen molar-refractivity contribution in [2.75, 3.05) is 19.7 Å². The van der Waals surface area contributed by atoms with Crippen LogP contribution in [-0.4, -0.2) is 40.6 Å². The van der Waals surface area contributed by atoms with Crippen LogP contribution in [0.25, 0.3) is 0 Å². The monoisotopic (exact) mass is 286 g/mol. The van der Waals surface area contributed by atoms with Crippen LogP contribution in [0.5, 0.6) is 0 Å². The topological polar surface area (TPSA) is 53.4 Å². The summed E-state index contributed by atoms with van der Waals surface area (Å²) < 4.78 is 0. The molecule has 4 heteroatoms. The molecule has 1 aliphatic heterocycles. The molecule has 1 saturated heterocycles. The van der Waals surface area contributed by atoms with Crippen LogP contribution in [0.3, 0.4) is 0 Å². The molecule has 1 aromatic rings. The fraction of sp³-hybridized carbons (Fsp3) is 0.529. The molecule has 0 bridgehead atoms. The number of rotatable bonds is 2. The first kappa shape index (κ1) is 15.5. The van der Waals surface area contributed by atoms with Crippen LogP contribution in [0.4, 0.5) is 0 Å². The molecule has 0 atom stereocenters. The largest absolute Gasteiger partial charge is 0.395 e. The van der Waals surface area contributed by atoms with Crippen LogP contribution in [0.2, 0.25) is 0 Å². The van der Waals surface area contributed by atoms with E-state index in [4.69, 9.17) is 5.11 Å². The van der Waals surface area contributed by atoms with E-state index in [1.54, 1.807) is 18.3 Å². The van der Waals surface area contributed by atoms with Gasteiger partial charge in [0, 0.05) is 25.7 Å². The molecule has 0 radical (unpaired) electrons. The normalized spacial score (nSPS) is 17.0. The van der Waals surface area contributed by atoms with Crippen molar-refractivity contribution in [3.8, 4) is 11.8 Å². The van der Waals surface area contributed by atoms with Gasteiger partial charge < -0.3 is 10.0 Å². The summed E-state index contributed by atoms with van der Waals surface area (Å²) in [4.78, 5) is 18.7. The number of aliphatic hydroxyl groups is 1. The van der Waals surface area contributed by atoms with E-state index in [1.807, 2.05) is 4.90 Å². The van der Waals surface area contributed by atoms with Crippen molar-refractivity contribution >= 4 is 5.91 Å². The Labute approximate surface area is 126 Å². The number of amides is 1. The Kier molecular flexibility index (Phi) is 4.98. The Morgan fingerprint density at radius 2 is 2.14 bits per heavy atom. The molecule has 0 saturated carbocycles. The molecule has 1 N–H and O–H groups in total. The lowest BCUT2D eigenvalue weighted by atomic mass is 9.82. The van der Waals surface area contributed by atoms with Crippen molar-refractivity contribution in [3.05, 3.63) is 29.6 Å². The third-order valence-corrected chi connectivity index (χ3v) is 3.87. The first-order valence-corrected chi connectivity index (χ1v) is 7.37. The van der Waals surface area contributed by atoms with Gasteiger partial charge in [-0.1, -0.05) is 25.7 Å². The third-order valence-electron chi connectivity index (χ3n) is 3.87. The summed E-state index contributed by atoms with van der Waals surface area (Å²) in [5, 5.41) is 8.78. The average Bonchev–Trinajstić information content (AvgIpc) is 2.47. The number of hydrogen-bond donors (Lipinski definition) is 1. The van der Waals surface area contributed by atoms with E-state index in [0.717, 1.165) is 25.9 Å². The highest BCUT2D eigenvalue weighted by Crippen LogP contribution is 2.30. The predicted octanol–water partition coefficient (Wildman–Crippen LogP) is 2.08. The van der Waals surface area contributed by atoms with E-state index in [1.165, 1.54) is 0 Å². The standard InChI is InChI=1S/C17H22N2O2/c1-17(2)8-11-19(12-9-17)16(21)15-14(6-3-4-13-20)7-5-10-18-15/h5,7,10,20H,4,8-9,11-13H2,1-2H3. The van der Waals surface area contributed by atoms with Gasteiger partial charge in [-0.05, 0) is 30.4 Å². The zero-order valence-corrected chi connectivity index (χ0v) is 12.7. The van der Waals surface area contributed by atoms with Crippen molar-refractivity contribution in [2.24, 2.45) is 5.41 Å². The van der Waals surface area contributed by atoms with E-state index in [-0.39, 0.29) is 12.5 Å². The minimum atomic E-state index is -0.0422. The van der Waals surface area contributed by atoms with Gasteiger partial charge in [0.25, 0.3) is 5.91 Å². The van der Waals surface area contributed by atoms with E-state index >= 15 is 0 Å². The highest BCUT2D eigenvalue weighted by Gasteiger charge is 2.29. The fourth-order valence-electron chi connectivity index (χ4n) is 2.36. The van der Waals surface area contributed by atoms with E-state index in [2.05, 4.69) is 30.7 Å². The number of carbonyl (C=O) groups is 1.